The molecule has 0 spiro atoms. The highest BCUT2D eigenvalue weighted by atomic mass is 35.5. The van der Waals surface area contributed by atoms with Gasteiger partial charge in [0.25, 0.3) is 11.6 Å². The summed E-state index contributed by atoms with van der Waals surface area (Å²) in [5.41, 5.74) is 3.65. The fraction of sp³-hybridized carbons (Fsp3) is 0.0476. The molecule has 0 aliphatic heterocycles. The van der Waals surface area contributed by atoms with Gasteiger partial charge < -0.3 is 9.73 Å². The summed E-state index contributed by atoms with van der Waals surface area (Å²) >= 11 is 6.01. The highest BCUT2D eigenvalue weighted by Crippen LogP contribution is 2.27. The number of aryl methyl sites for hydroxylation is 1. The molecule has 0 atom stereocenters. The molecule has 0 unspecified atom stereocenters. The van der Waals surface area contributed by atoms with Crippen molar-refractivity contribution in [2.75, 3.05) is 5.32 Å². The zero-order valence-corrected chi connectivity index (χ0v) is 15.9. The van der Waals surface area contributed by atoms with Crippen molar-refractivity contribution in [3.05, 3.63) is 86.9 Å². The predicted molar refractivity (Wildman–Crippen MR) is 110 cm³/mol. The summed E-state index contributed by atoms with van der Waals surface area (Å²) in [6.07, 6.45) is 0. The van der Waals surface area contributed by atoms with Gasteiger partial charge in [0.2, 0.25) is 5.89 Å². The Bertz CT molecular complexity index is 1250. The van der Waals surface area contributed by atoms with Gasteiger partial charge in [-0.05, 0) is 55.0 Å². The topological polar surface area (TPSA) is 98.3 Å². The molecule has 1 amide bonds. The molecule has 8 heteroatoms. The number of fused-ring (bicyclic) bond motifs is 1. The van der Waals surface area contributed by atoms with E-state index in [9.17, 15) is 14.9 Å². The third-order valence-electron chi connectivity index (χ3n) is 4.34. The maximum atomic E-state index is 12.5. The number of rotatable bonds is 4. The Morgan fingerprint density at radius 2 is 1.86 bits per heavy atom. The van der Waals surface area contributed by atoms with E-state index >= 15 is 0 Å². The summed E-state index contributed by atoms with van der Waals surface area (Å²) < 4.78 is 5.77. The van der Waals surface area contributed by atoms with E-state index in [1.54, 1.807) is 24.3 Å². The number of halogens is 1. The van der Waals surface area contributed by atoms with Crippen molar-refractivity contribution >= 4 is 40.0 Å². The standard InChI is InChI=1S/C21H14ClN3O4/c1-12-2-9-19-18(10-12)24-21(29-19)13-3-5-14(6-4-13)23-20(26)16-11-15(25(27)28)7-8-17(16)22/h2-11H,1H3,(H,23,26). The largest absolute Gasteiger partial charge is 0.436 e. The van der Waals surface area contributed by atoms with Gasteiger partial charge in [0.05, 0.1) is 15.5 Å². The molecule has 0 saturated carbocycles. The molecule has 3 aromatic carbocycles. The average molecular weight is 408 g/mol. The lowest BCUT2D eigenvalue weighted by atomic mass is 10.1. The van der Waals surface area contributed by atoms with Crippen LogP contribution in [0.25, 0.3) is 22.6 Å². The van der Waals surface area contributed by atoms with E-state index in [1.165, 1.54) is 12.1 Å². The number of anilines is 1. The number of nitro groups is 1. The number of hydrogen-bond acceptors (Lipinski definition) is 5. The fourth-order valence-electron chi connectivity index (χ4n) is 2.86. The number of carbonyl (C=O) groups is 1. The van der Waals surface area contributed by atoms with Crippen LogP contribution in [0.5, 0.6) is 0 Å². The number of aromatic nitrogens is 1. The highest BCUT2D eigenvalue weighted by molar-refractivity contribution is 6.34. The Morgan fingerprint density at radius 3 is 2.59 bits per heavy atom. The molecule has 0 aliphatic carbocycles. The smallest absolute Gasteiger partial charge is 0.270 e. The summed E-state index contributed by atoms with van der Waals surface area (Å²) in [6, 6.07) is 16.4. The van der Waals surface area contributed by atoms with Crippen LogP contribution >= 0.6 is 11.6 Å². The lowest BCUT2D eigenvalue weighted by molar-refractivity contribution is -0.384. The number of nitrogens with zero attached hydrogens (tertiary/aromatic N) is 2. The predicted octanol–water partition coefficient (Wildman–Crippen LogP) is 5.62. The van der Waals surface area contributed by atoms with Gasteiger partial charge in [-0.3, -0.25) is 14.9 Å². The van der Waals surface area contributed by atoms with Crippen LogP contribution in [0.1, 0.15) is 15.9 Å². The zero-order valence-electron chi connectivity index (χ0n) is 15.2. The lowest BCUT2D eigenvalue weighted by Crippen LogP contribution is -2.12. The molecule has 1 aromatic heterocycles. The van der Waals surface area contributed by atoms with Crippen LogP contribution in [0.15, 0.2) is 65.1 Å². The van der Waals surface area contributed by atoms with Gasteiger partial charge >= 0.3 is 0 Å². The van der Waals surface area contributed by atoms with E-state index in [4.69, 9.17) is 16.0 Å². The summed E-state index contributed by atoms with van der Waals surface area (Å²) in [4.78, 5) is 27.3. The molecule has 0 fully saturated rings. The molecule has 4 aromatic rings. The maximum absolute atomic E-state index is 12.5. The van der Waals surface area contributed by atoms with Crippen molar-refractivity contribution < 1.29 is 14.1 Å². The van der Waals surface area contributed by atoms with Crippen molar-refractivity contribution in [2.24, 2.45) is 0 Å². The maximum Gasteiger partial charge on any atom is 0.270 e. The van der Waals surface area contributed by atoms with E-state index < -0.39 is 10.8 Å². The molecule has 0 aliphatic rings. The van der Waals surface area contributed by atoms with Crippen molar-refractivity contribution in [1.29, 1.82) is 0 Å². The SMILES string of the molecule is Cc1ccc2oc(-c3ccc(NC(=O)c4cc([N+](=O)[O-])ccc4Cl)cc3)nc2c1. The van der Waals surface area contributed by atoms with Gasteiger partial charge in [-0.25, -0.2) is 4.98 Å². The second-order valence-electron chi connectivity index (χ2n) is 6.44. The first-order chi connectivity index (χ1) is 13.9. The molecule has 144 valence electrons. The number of hydrogen-bond donors (Lipinski definition) is 1. The minimum absolute atomic E-state index is 0.0271. The molecule has 1 heterocycles. The third kappa shape index (κ3) is 3.81. The Hall–Kier alpha value is -3.71. The van der Waals surface area contributed by atoms with Gasteiger partial charge in [-0.1, -0.05) is 17.7 Å². The third-order valence-corrected chi connectivity index (χ3v) is 4.67. The van der Waals surface area contributed by atoms with Gasteiger partial charge in [0.15, 0.2) is 5.58 Å². The Kier molecular flexibility index (Phi) is 4.74. The first kappa shape index (κ1) is 18.6. The molecule has 0 saturated heterocycles. The summed E-state index contributed by atoms with van der Waals surface area (Å²) in [5.74, 6) is -0.0611. The van der Waals surface area contributed by atoms with E-state index in [-0.39, 0.29) is 16.3 Å². The Morgan fingerprint density at radius 1 is 1.10 bits per heavy atom. The average Bonchev–Trinajstić information content (AvgIpc) is 3.11. The van der Waals surface area contributed by atoms with Crippen LogP contribution < -0.4 is 5.32 Å². The Balaban J connectivity index is 1.55. The summed E-state index contributed by atoms with van der Waals surface area (Å²) in [7, 11) is 0. The summed E-state index contributed by atoms with van der Waals surface area (Å²) in [6.45, 7) is 1.98. The minimum atomic E-state index is -0.580. The van der Waals surface area contributed by atoms with Crippen LogP contribution in [0, 0.1) is 17.0 Å². The van der Waals surface area contributed by atoms with E-state index in [0.29, 0.717) is 17.2 Å². The van der Waals surface area contributed by atoms with Crippen LogP contribution in [0.2, 0.25) is 5.02 Å². The molecular weight excluding hydrogens is 394 g/mol. The van der Waals surface area contributed by atoms with Gasteiger partial charge in [0, 0.05) is 23.4 Å². The van der Waals surface area contributed by atoms with E-state index in [1.807, 2.05) is 25.1 Å². The molecule has 4 rings (SSSR count). The van der Waals surface area contributed by atoms with Crippen LogP contribution in [0.3, 0.4) is 0 Å². The van der Waals surface area contributed by atoms with E-state index in [0.717, 1.165) is 22.7 Å². The molecular formula is C21H14ClN3O4. The molecule has 29 heavy (non-hydrogen) atoms. The Labute approximate surface area is 170 Å². The van der Waals surface area contributed by atoms with Crippen molar-refractivity contribution in [1.82, 2.24) is 4.98 Å². The molecule has 7 nitrogen and oxygen atoms in total. The highest BCUT2D eigenvalue weighted by Gasteiger charge is 2.16. The quantitative estimate of drug-likeness (QED) is 0.350. The van der Waals surface area contributed by atoms with E-state index in [2.05, 4.69) is 10.3 Å². The van der Waals surface area contributed by atoms with Crippen LogP contribution in [-0.2, 0) is 0 Å². The fourth-order valence-corrected chi connectivity index (χ4v) is 3.06. The number of oxazole rings is 1. The van der Waals surface area contributed by atoms with Crippen molar-refractivity contribution in [2.45, 2.75) is 6.92 Å². The molecule has 0 radical (unpaired) electrons. The first-order valence-electron chi connectivity index (χ1n) is 8.63. The zero-order chi connectivity index (χ0) is 20.5. The summed E-state index contributed by atoms with van der Waals surface area (Å²) in [5, 5.41) is 13.7. The number of carbonyl (C=O) groups excluding carboxylic acids is 1. The van der Waals surface area contributed by atoms with Crippen molar-refractivity contribution in [3.8, 4) is 11.5 Å². The lowest BCUT2D eigenvalue weighted by Gasteiger charge is -2.07. The number of amides is 1. The second-order valence-corrected chi connectivity index (χ2v) is 6.85. The number of nitrogens with one attached hydrogen (secondary N) is 1. The van der Waals surface area contributed by atoms with Crippen LogP contribution in [-0.4, -0.2) is 15.8 Å². The second kappa shape index (κ2) is 7.37. The number of benzene rings is 3. The number of nitro benzene ring substituents is 1. The monoisotopic (exact) mass is 407 g/mol. The van der Waals surface area contributed by atoms with Crippen molar-refractivity contribution in [3.63, 3.8) is 0 Å². The minimum Gasteiger partial charge on any atom is -0.436 e. The normalized spacial score (nSPS) is 10.8. The number of non-ortho nitro benzene ring substituents is 1. The molecule has 1 N–H and O–H groups in total. The van der Waals surface area contributed by atoms with Gasteiger partial charge in [0.1, 0.15) is 5.52 Å². The van der Waals surface area contributed by atoms with Gasteiger partial charge in [-0.2, -0.15) is 0 Å². The van der Waals surface area contributed by atoms with Crippen LogP contribution in [0.4, 0.5) is 11.4 Å². The molecule has 0 bridgehead atoms. The first-order valence-corrected chi connectivity index (χ1v) is 9.01. The van der Waals surface area contributed by atoms with Gasteiger partial charge in [-0.15, -0.1) is 0 Å².